The summed E-state index contributed by atoms with van der Waals surface area (Å²) in [5, 5.41) is 10.9. The molecular formula is C14H20N2O5S. The molecule has 2 atom stereocenters. The van der Waals surface area contributed by atoms with Gasteiger partial charge in [0.25, 0.3) is 5.69 Å². The molecule has 1 aromatic rings. The molecule has 2 unspecified atom stereocenters. The second kappa shape index (κ2) is 6.31. The van der Waals surface area contributed by atoms with E-state index in [-0.39, 0.29) is 22.7 Å². The number of nitrogens with one attached hydrogen (secondary N) is 1. The van der Waals surface area contributed by atoms with Gasteiger partial charge in [0.2, 0.25) is 10.0 Å². The molecule has 1 heterocycles. The Bertz CT molecular complexity index is 681. The van der Waals surface area contributed by atoms with Gasteiger partial charge in [-0.1, -0.05) is 0 Å². The number of nitro groups is 1. The molecule has 0 radical (unpaired) electrons. The van der Waals surface area contributed by atoms with Crippen molar-refractivity contribution in [1.82, 2.24) is 4.72 Å². The monoisotopic (exact) mass is 328 g/mol. The smallest absolute Gasteiger partial charge is 0.271 e. The van der Waals surface area contributed by atoms with E-state index in [4.69, 9.17) is 4.74 Å². The number of aryl methyl sites for hydroxylation is 1. The van der Waals surface area contributed by atoms with E-state index in [9.17, 15) is 18.5 Å². The number of hydrogen-bond donors (Lipinski definition) is 1. The van der Waals surface area contributed by atoms with Gasteiger partial charge in [-0.25, -0.2) is 13.1 Å². The average Bonchev–Trinajstić information content (AvgIpc) is 2.94. The number of benzene rings is 1. The summed E-state index contributed by atoms with van der Waals surface area (Å²) in [5.41, 5.74) is 0.852. The van der Waals surface area contributed by atoms with Gasteiger partial charge in [-0.15, -0.1) is 0 Å². The van der Waals surface area contributed by atoms with Crippen LogP contribution in [-0.2, 0) is 14.8 Å². The maximum absolute atomic E-state index is 12.6. The van der Waals surface area contributed by atoms with Crippen molar-refractivity contribution >= 4 is 15.7 Å². The fourth-order valence-electron chi connectivity index (χ4n) is 2.57. The number of hydrogen-bond acceptors (Lipinski definition) is 5. The summed E-state index contributed by atoms with van der Waals surface area (Å²) in [6.45, 7) is 5.67. The minimum Gasteiger partial charge on any atom is -0.377 e. The van der Waals surface area contributed by atoms with Crippen molar-refractivity contribution in [2.75, 3.05) is 6.61 Å². The molecule has 1 aliphatic rings. The van der Waals surface area contributed by atoms with Gasteiger partial charge in [-0.2, -0.15) is 0 Å². The molecule has 1 aliphatic heterocycles. The summed E-state index contributed by atoms with van der Waals surface area (Å²) in [4.78, 5) is 10.3. The van der Waals surface area contributed by atoms with Crippen LogP contribution >= 0.6 is 0 Å². The van der Waals surface area contributed by atoms with Crippen molar-refractivity contribution in [3.63, 3.8) is 0 Å². The molecule has 8 heteroatoms. The Morgan fingerprint density at radius 1 is 1.41 bits per heavy atom. The fraction of sp³-hybridized carbons (Fsp3) is 0.571. The lowest BCUT2D eigenvalue weighted by Gasteiger charge is -2.20. The van der Waals surface area contributed by atoms with Crippen molar-refractivity contribution in [2.45, 2.75) is 50.7 Å². The van der Waals surface area contributed by atoms with Crippen molar-refractivity contribution in [2.24, 2.45) is 0 Å². The molecule has 22 heavy (non-hydrogen) atoms. The quantitative estimate of drug-likeness (QED) is 0.659. The van der Waals surface area contributed by atoms with Gasteiger partial charge in [-0.3, -0.25) is 10.1 Å². The third-order valence-corrected chi connectivity index (χ3v) is 5.65. The zero-order valence-electron chi connectivity index (χ0n) is 12.8. The number of sulfonamides is 1. The van der Waals surface area contributed by atoms with E-state index in [2.05, 4.69) is 4.72 Å². The lowest BCUT2D eigenvalue weighted by Crippen LogP contribution is -2.41. The van der Waals surface area contributed by atoms with Gasteiger partial charge < -0.3 is 4.74 Å². The maximum atomic E-state index is 12.6. The highest BCUT2D eigenvalue weighted by atomic mass is 32.2. The minimum atomic E-state index is -3.84. The van der Waals surface area contributed by atoms with E-state index in [0.717, 1.165) is 18.9 Å². The molecule has 1 fully saturated rings. The Balaban J connectivity index is 2.34. The average molecular weight is 328 g/mol. The molecule has 0 aromatic heterocycles. The van der Waals surface area contributed by atoms with Crippen LogP contribution in [0.1, 0.15) is 30.9 Å². The highest BCUT2D eigenvalue weighted by Crippen LogP contribution is 2.26. The summed E-state index contributed by atoms with van der Waals surface area (Å²) >= 11 is 0. The summed E-state index contributed by atoms with van der Waals surface area (Å²) in [5.74, 6) is 0. The second-order valence-electron chi connectivity index (χ2n) is 5.60. The van der Waals surface area contributed by atoms with Crippen LogP contribution in [0.4, 0.5) is 5.69 Å². The Morgan fingerprint density at radius 2 is 2.09 bits per heavy atom. The van der Waals surface area contributed by atoms with E-state index >= 15 is 0 Å². The largest absolute Gasteiger partial charge is 0.377 e. The first-order valence-electron chi connectivity index (χ1n) is 7.12. The topological polar surface area (TPSA) is 98.5 Å². The van der Waals surface area contributed by atoms with Crippen molar-refractivity contribution in [1.29, 1.82) is 0 Å². The standard InChI is InChI=1S/C14H20N2O5S/c1-9-7-12(16(17)18)8-14(10(9)2)22(19,20)15-11(3)13-5-4-6-21-13/h7-8,11,13,15H,4-6H2,1-3H3. The van der Waals surface area contributed by atoms with Gasteiger partial charge in [0.15, 0.2) is 0 Å². The first kappa shape index (κ1) is 16.9. The van der Waals surface area contributed by atoms with Crippen LogP contribution in [0, 0.1) is 24.0 Å². The van der Waals surface area contributed by atoms with Crippen LogP contribution < -0.4 is 4.72 Å². The molecule has 7 nitrogen and oxygen atoms in total. The molecule has 1 aromatic carbocycles. The second-order valence-corrected chi connectivity index (χ2v) is 7.29. The molecule has 2 rings (SSSR count). The Hall–Kier alpha value is -1.51. The van der Waals surface area contributed by atoms with E-state index < -0.39 is 14.9 Å². The first-order chi connectivity index (χ1) is 10.2. The molecule has 1 N–H and O–H groups in total. The highest BCUT2D eigenvalue weighted by Gasteiger charge is 2.29. The zero-order chi connectivity index (χ0) is 16.5. The number of nitro benzene ring substituents is 1. The van der Waals surface area contributed by atoms with Gasteiger partial charge in [-0.05, 0) is 44.7 Å². The Kier molecular flexibility index (Phi) is 4.84. The Morgan fingerprint density at radius 3 is 2.64 bits per heavy atom. The van der Waals surface area contributed by atoms with E-state index in [0.29, 0.717) is 17.7 Å². The molecule has 0 spiro atoms. The highest BCUT2D eigenvalue weighted by molar-refractivity contribution is 7.89. The lowest BCUT2D eigenvalue weighted by atomic mass is 10.1. The van der Waals surface area contributed by atoms with E-state index in [1.54, 1.807) is 20.8 Å². The van der Waals surface area contributed by atoms with Gasteiger partial charge >= 0.3 is 0 Å². The fourth-order valence-corrected chi connectivity index (χ4v) is 4.18. The third-order valence-electron chi connectivity index (χ3n) is 3.97. The minimum absolute atomic E-state index is 0.0518. The number of nitrogens with zero attached hydrogens (tertiary/aromatic N) is 1. The zero-order valence-corrected chi connectivity index (χ0v) is 13.6. The molecule has 0 saturated carbocycles. The summed E-state index contributed by atoms with van der Waals surface area (Å²) in [7, 11) is -3.84. The summed E-state index contributed by atoms with van der Waals surface area (Å²) in [6, 6.07) is 2.09. The summed E-state index contributed by atoms with van der Waals surface area (Å²) < 4.78 is 33.2. The van der Waals surface area contributed by atoms with Crippen LogP contribution in [0.15, 0.2) is 17.0 Å². The van der Waals surface area contributed by atoms with Crippen molar-refractivity contribution in [3.05, 3.63) is 33.4 Å². The Labute approximate surface area is 129 Å². The first-order valence-corrected chi connectivity index (χ1v) is 8.60. The number of non-ortho nitro benzene ring substituents is 1. The van der Waals surface area contributed by atoms with Crippen LogP contribution in [0.5, 0.6) is 0 Å². The molecule has 122 valence electrons. The van der Waals surface area contributed by atoms with Gasteiger partial charge in [0.1, 0.15) is 0 Å². The summed E-state index contributed by atoms with van der Waals surface area (Å²) in [6.07, 6.45) is 1.55. The van der Waals surface area contributed by atoms with Gasteiger partial charge in [0.05, 0.1) is 15.9 Å². The molecule has 1 saturated heterocycles. The number of rotatable bonds is 5. The van der Waals surface area contributed by atoms with Gasteiger partial charge in [0, 0.05) is 24.8 Å². The van der Waals surface area contributed by atoms with E-state index in [1.807, 2.05) is 0 Å². The molecule has 0 bridgehead atoms. The predicted octanol–water partition coefficient (Wildman–Crippen LogP) is 2.06. The van der Waals surface area contributed by atoms with Crippen LogP contribution in [-0.4, -0.2) is 32.1 Å². The SMILES string of the molecule is Cc1cc([N+](=O)[O-])cc(S(=O)(=O)NC(C)C2CCCO2)c1C. The lowest BCUT2D eigenvalue weighted by molar-refractivity contribution is -0.385. The van der Waals surface area contributed by atoms with Crippen LogP contribution in [0.3, 0.4) is 0 Å². The van der Waals surface area contributed by atoms with Crippen LogP contribution in [0.2, 0.25) is 0 Å². The van der Waals surface area contributed by atoms with Crippen LogP contribution in [0.25, 0.3) is 0 Å². The molecule has 0 aliphatic carbocycles. The molecular weight excluding hydrogens is 308 g/mol. The number of ether oxygens (including phenoxy) is 1. The van der Waals surface area contributed by atoms with Crippen molar-refractivity contribution < 1.29 is 18.1 Å². The normalized spacial score (nSPS) is 20.0. The van der Waals surface area contributed by atoms with E-state index in [1.165, 1.54) is 6.07 Å². The predicted molar refractivity (Wildman–Crippen MR) is 81.3 cm³/mol. The van der Waals surface area contributed by atoms with Crippen molar-refractivity contribution in [3.8, 4) is 0 Å². The molecule has 0 amide bonds. The third kappa shape index (κ3) is 3.45. The maximum Gasteiger partial charge on any atom is 0.271 e.